The van der Waals surface area contributed by atoms with Gasteiger partial charge in [-0.1, -0.05) is 91.0 Å². The highest BCUT2D eigenvalue weighted by Gasteiger charge is 2.29. The van der Waals surface area contributed by atoms with Crippen LogP contribution in [-0.2, 0) is 20.1 Å². The van der Waals surface area contributed by atoms with Gasteiger partial charge in [-0.2, -0.15) is 8.42 Å². The van der Waals surface area contributed by atoms with Gasteiger partial charge in [0.1, 0.15) is 18.0 Å². The van der Waals surface area contributed by atoms with Gasteiger partial charge >= 0.3 is 0 Å². The third kappa shape index (κ3) is 4.79. The second kappa shape index (κ2) is 8.27. The van der Waals surface area contributed by atoms with Crippen molar-refractivity contribution in [2.24, 2.45) is 0 Å². The number of rotatable bonds is 7. The third-order valence-corrected chi connectivity index (χ3v) is 5.18. The first-order chi connectivity index (χ1) is 12.6. The highest BCUT2D eigenvalue weighted by molar-refractivity contribution is 7.85. The highest BCUT2D eigenvalue weighted by Crippen LogP contribution is 2.34. The van der Waals surface area contributed by atoms with Crippen molar-refractivity contribution in [1.29, 1.82) is 0 Å². The maximum atomic E-state index is 12.6. The Morgan fingerprint density at radius 1 is 0.731 bits per heavy atom. The fourth-order valence-corrected chi connectivity index (χ4v) is 3.93. The fraction of sp³-hybridized carbons (Fsp3) is 0.143. The van der Waals surface area contributed by atoms with Gasteiger partial charge in [-0.3, -0.25) is 4.18 Å². The van der Waals surface area contributed by atoms with Crippen molar-refractivity contribution < 1.29 is 17.7 Å². The monoisotopic (exact) mass is 368 g/mol. The Morgan fingerprint density at radius 2 is 1.19 bits per heavy atom. The maximum Gasteiger partial charge on any atom is 0.272 e. The topological polar surface area (TPSA) is 63.6 Å². The van der Waals surface area contributed by atoms with E-state index in [-0.39, 0.29) is 5.75 Å². The Balaban J connectivity index is 1.89. The van der Waals surface area contributed by atoms with Crippen LogP contribution in [0.25, 0.3) is 0 Å². The number of aliphatic hydroxyl groups excluding tert-OH is 1. The highest BCUT2D eigenvalue weighted by atomic mass is 32.2. The molecule has 26 heavy (non-hydrogen) atoms. The van der Waals surface area contributed by atoms with Crippen LogP contribution in [-0.4, -0.2) is 13.5 Å². The van der Waals surface area contributed by atoms with Crippen molar-refractivity contribution in [3.8, 4) is 0 Å². The zero-order valence-corrected chi connectivity index (χ0v) is 14.9. The molecule has 3 aromatic carbocycles. The Morgan fingerprint density at radius 3 is 1.73 bits per heavy atom. The molecule has 0 saturated heterocycles. The van der Waals surface area contributed by atoms with E-state index in [9.17, 15) is 13.5 Å². The molecule has 3 aromatic rings. The summed E-state index contributed by atoms with van der Waals surface area (Å²) in [4.78, 5) is 0. The summed E-state index contributed by atoms with van der Waals surface area (Å²) < 4.78 is 30.6. The summed E-state index contributed by atoms with van der Waals surface area (Å²) in [6.07, 6.45) is -2.13. The van der Waals surface area contributed by atoms with Crippen LogP contribution in [0.2, 0.25) is 0 Å². The van der Waals surface area contributed by atoms with E-state index in [1.165, 1.54) is 0 Å². The van der Waals surface area contributed by atoms with Crippen molar-refractivity contribution in [3.63, 3.8) is 0 Å². The first kappa shape index (κ1) is 18.3. The van der Waals surface area contributed by atoms with E-state index in [4.69, 9.17) is 4.18 Å². The van der Waals surface area contributed by atoms with Gasteiger partial charge in [0, 0.05) is 0 Å². The first-order valence-corrected chi connectivity index (χ1v) is 9.86. The first-order valence-electron chi connectivity index (χ1n) is 8.28. The van der Waals surface area contributed by atoms with Crippen LogP contribution in [0, 0.1) is 0 Å². The lowest BCUT2D eigenvalue weighted by Crippen LogP contribution is -2.20. The Bertz CT molecular complexity index is 910. The second-order valence-corrected chi connectivity index (χ2v) is 7.57. The molecule has 0 spiro atoms. The zero-order valence-electron chi connectivity index (χ0n) is 14.1. The summed E-state index contributed by atoms with van der Waals surface area (Å²) >= 11 is 0. The summed E-state index contributed by atoms with van der Waals surface area (Å²) in [6, 6.07) is 26.6. The molecule has 0 fully saturated rings. The lowest BCUT2D eigenvalue weighted by atomic mass is 9.98. The number of benzene rings is 3. The minimum Gasteiger partial charge on any atom is -0.385 e. The van der Waals surface area contributed by atoms with E-state index in [1.54, 1.807) is 72.8 Å². The van der Waals surface area contributed by atoms with Crippen molar-refractivity contribution in [2.45, 2.75) is 18.0 Å². The third-order valence-electron chi connectivity index (χ3n) is 3.99. The van der Waals surface area contributed by atoms with Crippen LogP contribution in [0.3, 0.4) is 0 Å². The van der Waals surface area contributed by atoms with Crippen LogP contribution in [0.5, 0.6) is 0 Å². The largest absolute Gasteiger partial charge is 0.385 e. The molecule has 0 aliphatic carbocycles. The number of hydrogen-bond donors (Lipinski definition) is 1. The van der Waals surface area contributed by atoms with Crippen molar-refractivity contribution in [1.82, 2.24) is 0 Å². The van der Waals surface area contributed by atoms with Gasteiger partial charge < -0.3 is 5.11 Å². The predicted molar refractivity (Wildman–Crippen MR) is 101 cm³/mol. The number of hydrogen-bond acceptors (Lipinski definition) is 4. The molecule has 0 aliphatic heterocycles. The molecule has 134 valence electrons. The van der Waals surface area contributed by atoms with E-state index in [1.807, 2.05) is 18.2 Å². The Hall–Kier alpha value is -2.47. The van der Waals surface area contributed by atoms with Crippen LogP contribution in [0.4, 0.5) is 0 Å². The smallest absolute Gasteiger partial charge is 0.272 e. The van der Waals surface area contributed by atoms with Gasteiger partial charge in [-0.25, -0.2) is 0 Å². The fourth-order valence-electron chi connectivity index (χ4n) is 2.73. The predicted octanol–water partition coefficient (Wildman–Crippen LogP) is 4.01. The van der Waals surface area contributed by atoms with Gasteiger partial charge in [0.15, 0.2) is 0 Å². The van der Waals surface area contributed by atoms with Crippen molar-refractivity contribution >= 4 is 10.1 Å². The minimum atomic E-state index is -3.90. The standard InChI is InChI=1S/C21H20O4S/c22-20(18-12-6-2-7-13-18)21(19-14-8-3-9-15-19)25-26(23,24)16-17-10-4-1-5-11-17/h1-15,20-22H,16H2. The number of aliphatic hydroxyl groups is 1. The molecule has 1 N–H and O–H groups in total. The van der Waals surface area contributed by atoms with Crippen LogP contribution in [0.1, 0.15) is 28.9 Å². The minimum absolute atomic E-state index is 0.251. The molecular weight excluding hydrogens is 348 g/mol. The summed E-state index contributed by atoms with van der Waals surface area (Å²) in [6.45, 7) is 0. The van der Waals surface area contributed by atoms with Crippen molar-refractivity contribution in [3.05, 3.63) is 108 Å². The average Bonchev–Trinajstić information content (AvgIpc) is 2.67. The van der Waals surface area contributed by atoms with Gasteiger partial charge in [-0.15, -0.1) is 0 Å². The molecule has 2 unspecified atom stereocenters. The molecule has 4 nitrogen and oxygen atoms in total. The molecule has 5 heteroatoms. The lowest BCUT2D eigenvalue weighted by molar-refractivity contribution is 0.0383. The second-order valence-electron chi connectivity index (χ2n) is 5.97. The van der Waals surface area contributed by atoms with Crippen LogP contribution < -0.4 is 0 Å². The van der Waals surface area contributed by atoms with E-state index in [0.29, 0.717) is 16.7 Å². The molecule has 0 heterocycles. The van der Waals surface area contributed by atoms with E-state index < -0.39 is 22.3 Å². The van der Waals surface area contributed by atoms with E-state index >= 15 is 0 Å². The summed E-state index contributed by atoms with van der Waals surface area (Å²) in [5.74, 6) is -0.251. The summed E-state index contributed by atoms with van der Waals surface area (Å²) in [7, 11) is -3.90. The molecule has 2 atom stereocenters. The molecule has 3 rings (SSSR count). The van der Waals surface area contributed by atoms with Gasteiger partial charge in [-0.05, 0) is 16.7 Å². The quantitative estimate of drug-likeness (QED) is 0.640. The van der Waals surface area contributed by atoms with E-state index in [0.717, 1.165) is 0 Å². The molecule has 0 aromatic heterocycles. The zero-order chi connectivity index (χ0) is 18.4. The molecule has 0 radical (unpaired) electrons. The Labute approximate surface area is 153 Å². The van der Waals surface area contributed by atoms with E-state index in [2.05, 4.69) is 0 Å². The molecule has 0 saturated carbocycles. The molecule has 0 bridgehead atoms. The summed E-state index contributed by atoms with van der Waals surface area (Å²) in [5, 5.41) is 10.8. The average molecular weight is 368 g/mol. The van der Waals surface area contributed by atoms with Crippen molar-refractivity contribution in [2.75, 3.05) is 0 Å². The van der Waals surface area contributed by atoms with Crippen LogP contribution in [0.15, 0.2) is 91.0 Å². The normalized spacial score (nSPS) is 13.9. The lowest BCUT2D eigenvalue weighted by Gasteiger charge is -2.23. The SMILES string of the molecule is O=S(=O)(Cc1ccccc1)OC(c1ccccc1)C(O)c1ccccc1. The molecule has 0 amide bonds. The van der Waals surface area contributed by atoms with Crippen LogP contribution >= 0.6 is 0 Å². The Kier molecular flexibility index (Phi) is 5.83. The van der Waals surface area contributed by atoms with Gasteiger partial charge in [0.05, 0.1) is 0 Å². The summed E-state index contributed by atoms with van der Waals surface area (Å²) in [5.41, 5.74) is 1.82. The maximum absolute atomic E-state index is 12.6. The van der Waals surface area contributed by atoms with Gasteiger partial charge in [0.2, 0.25) is 0 Å². The van der Waals surface area contributed by atoms with Gasteiger partial charge in [0.25, 0.3) is 10.1 Å². The molecular formula is C21H20O4S. The molecule has 0 aliphatic rings.